The van der Waals surface area contributed by atoms with Gasteiger partial charge in [-0.15, -0.1) is 0 Å². The fourth-order valence-electron chi connectivity index (χ4n) is 3.79. The van der Waals surface area contributed by atoms with Crippen LogP contribution < -0.4 is 25.3 Å². The Morgan fingerprint density at radius 3 is 2.24 bits per heavy atom. The lowest BCUT2D eigenvalue weighted by Gasteiger charge is -2.18. The molecule has 38 heavy (non-hydrogen) atoms. The van der Waals surface area contributed by atoms with Crippen LogP contribution in [-0.4, -0.2) is 52.4 Å². The molecule has 0 fully saturated rings. The number of amides is 1. The second kappa shape index (κ2) is 12.7. The molecule has 0 saturated heterocycles. The van der Waals surface area contributed by atoms with Gasteiger partial charge in [0.05, 0.1) is 18.6 Å². The number of Topliss-reactive ketones (excluding diaryl/α,β-unsaturated/α-hetero) is 1. The minimum Gasteiger partial charge on any atom is -0.545 e. The van der Waals surface area contributed by atoms with Crippen LogP contribution in [0.15, 0.2) is 65.1 Å². The average Bonchev–Trinajstić information content (AvgIpc) is 2.85. The van der Waals surface area contributed by atoms with Gasteiger partial charge in [-0.05, 0) is 42.3 Å². The van der Waals surface area contributed by atoms with E-state index in [1.165, 1.54) is 13.8 Å². The monoisotopic (exact) mass is 517 g/mol. The summed E-state index contributed by atoms with van der Waals surface area (Å²) in [5.41, 5.74) is 4.61. The first-order valence-electron chi connectivity index (χ1n) is 11.7. The molecule has 2 aromatic carbocycles. The number of carbonyl (C=O) groups excluding carboxylic acids is 3. The van der Waals surface area contributed by atoms with E-state index in [1.54, 1.807) is 18.2 Å². The van der Waals surface area contributed by atoms with Gasteiger partial charge in [0, 0.05) is 55.4 Å². The molecule has 0 aromatic heterocycles. The van der Waals surface area contributed by atoms with Gasteiger partial charge in [0.2, 0.25) is 11.3 Å². The first kappa shape index (κ1) is 29.8. The van der Waals surface area contributed by atoms with Gasteiger partial charge in [-0.25, -0.2) is 4.58 Å². The third-order valence-electron chi connectivity index (χ3n) is 5.70. The molecule has 8 nitrogen and oxygen atoms in total. The van der Waals surface area contributed by atoms with Gasteiger partial charge in [-0.3, -0.25) is 9.59 Å². The molecule has 0 radical (unpaired) electrons. The molecule has 0 saturated carbocycles. The van der Waals surface area contributed by atoms with Gasteiger partial charge in [-0.2, -0.15) is 0 Å². The number of nitrogens with one attached hydrogen (secondary N) is 1. The van der Waals surface area contributed by atoms with Crippen molar-refractivity contribution < 1.29 is 23.9 Å². The van der Waals surface area contributed by atoms with Crippen molar-refractivity contribution in [2.24, 2.45) is 0 Å². The highest BCUT2D eigenvalue weighted by Crippen LogP contribution is 2.40. The van der Waals surface area contributed by atoms with Crippen LogP contribution in [0.1, 0.15) is 31.6 Å². The molecule has 2 aromatic rings. The smallest absolute Gasteiger partial charge is 0.217 e. The number of carbonyl (C=O) groups is 3. The summed E-state index contributed by atoms with van der Waals surface area (Å²) in [7, 11) is 7.93. The molecule has 1 heterocycles. The third-order valence-corrected chi connectivity index (χ3v) is 5.70. The van der Waals surface area contributed by atoms with Crippen molar-refractivity contribution in [3.05, 3.63) is 71.6 Å². The number of benzene rings is 3. The number of hydrogen-bond acceptors (Lipinski definition) is 6. The summed E-state index contributed by atoms with van der Waals surface area (Å²) >= 11 is 0. The van der Waals surface area contributed by atoms with E-state index in [1.807, 2.05) is 80.1 Å². The van der Waals surface area contributed by atoms with Crippen LogP contribution in [0.4, 0.5) is 5.69 Å². The third kappa shape index (κ3) is 7.06. The predicted octanol–water partition coefficient (Wildman–Crippen LogP) is 3.01. The van der Waals surface area contributed by atoms with Crippen LogP contribution >= 0.6 is 0 Å². The molecule has 4 rings (SSSR count). The van der Waals surface area contributed by atoms with Crippen LogP contribution in [0, 0.1) is 0 Å². The summed E-state index contributed by atoms with van der Waals surface area (Å²) < 4.78 is 8.31. The Bertz CT molecular complexity index is 1500. The minimum absolute atomic E-state index is 0. The largest absolute Gasteiger partial charge is 0.545 e. The predicted molar refractivity (Wildman–Crippen MR) is 150 cm³/mol. The van der Waals surface area contributed by atoms with Gasteiger partial charge in [0.25, 0.3) is 0 Å². The second-order valence-corrected chi connectivity index (χ2v) is 9.11. The summed E-state index contributed by atoms with van der Waals surface area (Å²) in [4.78, 5) is 33.6. The SMILES string of the molecule is C.CC(=O)CNC(C)=O.CN(C)c1ccc2c(-c3cccc(C(=O)[O-])c3)c3ccc(=[N+](C)C)cc-3oc2c1. The zero-order valence-electron chi connectivity index (χ0n) is 21.9. The van der Waals surface area contributed by atoms with E-state index in [2.05, 4.69) is 5.32 Å². The molecule has 1 aliphatic carbocycles. The lowest BCUT2D eigenvalue weighted by molar-refractivity contribution is -0.255. The van der Waals surface area contributed by atoms with Gasteiger partial charge in [-0.1, -0.05) is 25.6 Å². The molecule has 1 N–H and O–H groups in total. The Kier molecular flexibility index (Phi) is 9.93. The number of aromatic carboxylic acids is 1. The molecule has 0 bridgehead atoms. The number of ketones is 1. The highest BCUT2D eigenvalue weighted by molar-refractivity contribution is 6.03. The number of hydrogen-bond donors (Lipinski definition) is 1. The number of carboxylic acid groups (broad SMARTS) is 1. The maximum Gasteiger partial charge on any atom is 0.217 e. The van der Waals surface area contributed by atoms with Crippen molar-refractivity contribution in [3.8, 4) is 22.5 Å². The summed E-state index contributed by atoms with van der Waals surface area (Å²) in [5.74, 6) is -0.639. The fraction of sp³-hybridized carbons (Fsp3) is 0.267. The average molecular weight is 518 g/mol. The van der Waals surface area contributed by atoms with E-state index in [4.69, 9.17) is 4.42 Å². The van der Waals surface area contributed by atoms with Crippen LogP contribution in [-0.2, 0) is 9.59 Å². The number of carboxylic acids is 1. The number of rotatable bonds is 5. The van der Waals surface area contributed by atoms with E-state index in [0.717, 1.165) is 44.5 Å². The van der Waals surface area contributed by atoms with Crippen LogP contribution in [0.5, 0.6) is 0 Å². The fourth-order valence-corrected chi connectivity index (χ4v) is 3.79. The molecule has 0 unspecified atom stereocenters. The number of anilines is 1. The van der Waals surface area contributed by atoms with E-state index in [-0.39, 0.29) is 31.2 Å². The van der Waals surface area contributed by atoms with E-state index in [9.17, 15) is 19.5 Å². The Hall–Kier alpha value is -4.46. The van der Waals surface area contributed by atoms with E-state index < -0.39 is 5.97 Å². The van der Waals surface area contributed by atoms with Crippen molar-refractivity contribution in [1.29, 1.82) is 0 Å². The first-order chi connectivity index (χ1) is 17.5. The standard InChI is InChI=1S/C24H22N2O3.C5H9NO2.CH4/c1-25(2)17-8-10-19-21(13-17)29-22-14-18(26(3)4)9-11-20(22)23(19)15-6-5-7-16(12-15)24(27)28;1-4(7)3-6-5(2)8;/h5-14H,1-4H3;3H2,1-2H3,(H,6,8);1H4. The summed E-state index contributed by atoms with van der Waals surface area (Å²) in [5, 5.41) is 15.7. The summed E-state index contributed by atoms with van der Waals surface area (Å²) in [6, 6.07) is 19.0. The Labute approximate surface area is 223 Å². The van der Waals surface area contributed by atoms with Gasteiger partial charge in [0.1, 0.15) is 31.2 Å². The lowest BCUT2D eigenvalue weighted by atomic mass is 9.92. The molecule has 0 atom stereocenters. The Morgan fingerprint density at radius 1 is 0.974 bits per heavy atom. The van der Waals surface area contributed by atoms with E-state index in [0.29, 0.717) is 0 Å². The maximum absolute atomic E-state index is 11.4. The molecular formula is C30H35N3O5. The highest BCUT2D eigenvalue weighted by Gasteiger charge is 2.18. The minimum atomic E-state index is -1.19. The lowest BCUT2D eigenvalue weighted by Crippen LogP contribution is -2.25. The molecule has 0 spiro atoms. The van der Waals surface area contributed by atoms with Crippen molar-refractivity contribution in [2.45, 2.75) is 21.3 Å². The van der Waals surface area contributed by atoms with Crippen LogP contribution in [0.3, 0.4) is 0 Å². The molecule has 8 heteroatoms. The van der Waals surface area contributed by atoms with Crippen LogP contribution in [0.25, 0.3) is 33.4 Å². The quantitative estimate of drug-likeness (QED) is 0.322. The topological polar surface area (TPSA) is 106 Å². The summed E-state index contributed by atoms with van der Waals surface area (Å²) in [6.45, 7) is 2.95. The number of fused-ring (bicyclic) bond motifs is 2. The summed E-state index contributed by atoms with van der Waals surface area (Å²) in [6.07, 6.45) is 0. The number of nitrogens with zero attached hydrogens (tertiary/aromatic N) is 2. The van der Waals surface area contributed by atoms with Crippen LogP contribution in [0.2, 0.25) is 0 Å². The van der Waals surface area contributed by atoms with Gasteiger partial charge in [0.15, 0.2) is 0 Å². The molecule has 1 amide bonds. The second-order valence-electron chi connectivity index (χ2n) is 9.11. The highest BCUT2D eigenvalue weighted by atomic mass is 16.4. The zero-order chi connectivity index (χ0) is 27.3. The van der Waals surface area contributed by atoms with Crippen molar-refractivity contribution in [2.75, 3.05) is 39.6 Å². The zero-order valence-corrected chi connectivity index (χ0v) is 21.9. The maximum atomic E-state index is 11.4. The van der Waals surface area contributed by atoms with E-state index >= 15 is 0 Å². The molecule has 2 aliphatic rings. The molecule has 1 aliphatic heterocycles. The normalized spacial score (nSPS) is 10.2. The molecular weight excluding hydrogens is 482 g/mol. The van der Waals surface area contributed by atoms with Gasteiger partial charge < -0.3 is 24.5 Å². The Morgan fingerprint density at radius 2 is 1.68 bits per heavy atom. The molecule has 200 valence electrons. The first-order valence-corrected chi connectivity index (χ1v) is 11.7. The van der Waals surface area contributed by atoms with Crippen molar-refractivity contribution in [3.63, 3.8) is 0 Å². The van der Waals surface area contributed by atoms with Gasteiger partial charge >= 0.3 is 0 Å². The van der Waals surface area contributed by atoms with Crippen molar-refractivity contribution >= 4 is 34.3 Å². The Balaban J connectivity index is 0.000000493. The van der Waals surface area contributed by atoms with Crippen molar-refractivity contribution in [1.82, 2.24) is 9.89 Å².